The first-order valence-corrected chi connectivity index (χ1v) is 6.40. The Morgan fingerprint density at radius 1 is 1.53 bits per heavy atom. The molecule has 1 aromatic heterocycles. The van der Waals surface area contributed by atoms with Gasteiger partial charge < -0.3 is 10.1 Å². The highest BCUT2D eigenvalue weighted by molar-refractivity contribution is 5.30. The number of nitrogens with one attached hydrogen (secondary N) is 1. The Bertz CT molecular complexity index is 382. The lowest BCUT2D eigenvalue weighted by Crippen LogP contribution is -2.22. The molecule has 1 unspecified atom stereocenters. The van der Waals surface area contributed by atoms with Crippen molar-refractivity contribution in [2.75, 3.05) is 13.7 Å². The second-order valence-electron chi connectivity index (χ2n) is 5.14. The van der Waals surface area contributed by atoms with Crippen LogP contribution in [0.2, 0.25) is 0 Å². The lowest BCUT2D eigenvalue weighted by molar-refractivity contribution is 0.366. The van der Waals surface area contributed by atoms with E-state index in [1.165, 1.54) is 18.4 Å². The van der Waals surface area contributed by atoms with E-state index in [1.807, 2.05) is 14.0 Å². The molecule has 0 spiro atoms. The van der Waals surface area contributed by atoms with Gasteiger partial charge in [-0.05, 0) is 38.1 Å². The van der Waals surface area contributed by atoms with Crippen molar-refractivity contribution >= 4 is 0 Å². The minimum atomic E-state index is 0.790. The van der Waals surface area contributed by atoms with Gasteiger partial charge in [0.05, 0.1) is 18.4 Å². The van der Waals surface area contributed by atoms with Crippen LogP contribution in [-0.4, -0.2) is 23.4 Å². The summed E-state index contributed by atoms with van der Waals surface area (Å²) in [4.78, 5) is 0. The van der Waals surface area contributed by atoms with Crippen molar-refractivity contribution in [1.29, 1.82) is 0 Å². The lowest BCUT2D eigenvalue weighted by Gasteiger charge is -2.11. The summed E-state index contributed by atoms with van der Waals surface area (Å²) < 4.78 is 7.18. The molecule has 4 nitrogen and oxygen atoms in total. The Morgan fingerprint density at radius 3 is 2.82 bits per heavy atom. The Balaban J connectivity index is 1.89. The fraction of sp³-hybridized carbons (Fsp3) is 0.769. The molecule has 1 aliphatic rings. The van der Waals surface area contributed by atoms with Gasteiger partial charge in [-0.3, -0.25) is 0 Å². The normalized spacial score (nSPS) is 17.2. The van der Waals surface area contributed by atoms with Crippen LogP contribution in [0.3, 0.4) is 0 Å². The second kappa shape index (κ2) is 5.08. The molecule has 2 rings (SSSR count). The van der Waals surface area contributed by atoms with Crippen molar-refractivity contribution in [3.63, 3.8) is 0 Å². The van der Waals surface area contributed by atoms with E-state index in [0.29, 0.717) is 0 Å². The van der Waals surface area contributed by atoms with Crippen molar-refractivity contribution in [1.82, 2.24) is 15.1 Å². The summed E-state index contributed by atoms with van der Waals surface area (Å²) >= 11 is 0. The zero-order valence-electron chi connectivity index (χ0n) is 11.3. The number of methoxy groups -OCH3 is 1. The van der Waals surface area contributed by atoms with Crippen LogP contribution >= 0.6 is 0 Å². The Hall–Kier alpha value is -1.03. The summed E-state index contributed by atoms with van der Waals surface area (Å²) in [6.07, 6.45) is 2.83. The molecule has 96 valence electrons. The predicted octanol–water partition coefficient (Wildman–Crippen LogP) is 1.87. The standard InChI is InChI=1S/C13H23N3O/c1-9(11-5-6-11)7-14-8-12-10(2)15-16(3)13(12)17-4/h9,11,14H,5-8H2,1-4H3. The van der Waals surface area contributed by atoms with E-state index >= 15 is 0 Å². The molecule has 0 bridgehead atoms. The van der Waals surface area contributed by atoms with Gasteiger partial charge in [0.1, 0.15) is 0 Å². The SMILES string of the molecule is COc1c(CNCC(C)C2CC2)c(C)nn1C. The first-order chi connectivity index (χ1) is 8.13. The van der Waals surface area contributed by atoms with Gasteiger partial charge in [0, 0.05) is 13.6 Å². The molecule has 4 heteroatoms. The van der Waals surface area contributed by atoms with Crippen molar-refractivity contribution in [2.45, 2.75) is 33.2 Å². The molecular weight excluding hydrogens is 214 g/mol. The van der Waals surface area contributed by atoms with Gasteiger partial charge in [0.15, 0.2) is 0 Å². The van der Waals surface area contributed by atoms with Crippen LogP contribution in [0.4, 0.5) is 0 Å². The summed E-state index contributed by atoms with van der Waals surface area (Å²) in [5.41, 5.74) is 2.23. The van der Waals surface area contributed by atoms with E-state index < -0.39 is 0 Å². The Kier molecular flexibility index (Phi) is 3.72. The van der Waals surface area contributed by atoms with E-state index in [0.717, 1.165) is 36.5 Å². The number of rotatable bonds is 6. The number of hydrogen-bond donors (Lipinski definition) is 1. The molecule has 1 N–H and O–H groups in total. The number of ether oxygens (including phenoxy) is 1. The van der Waals surface area contributed by atoms with E-state index in [-0.39, 0.29) is 0 Å². The first-order valence-electron chi connectivity index (χ1n) is 6.40. The molecule has 1 aromatic rings. The highest BCUT2D eigenvalue weighted by Gasteiger charge is 2.27. The molecule has 0 aromatic carbocycles. The Labute approximate surface area is 103 Å². The average Bonchev–Trinajstić information content (AvgIpc) is 3.07. The first kappa shape index (κ1) is 12.4. The van der Waals surface area contributed by atoms with Gasteiger partial charge in [0.2, 0.25) is 5.88 Å². The van der Waals surface area contributed by atoms with E-state index in [1.54, 1.807) is 11.8 Å². The third kappa shape index (κ3) is 2.80. The molecule has 1 fully saturated rings. The van der Waals surface area contributed by atoms with E-state index in [2.05, 4.69) is 17.3 Å². The van der Waals surface area contributed by atoms with Crippen LogP contribution in [0.1, 0.15) is 31.0 Å². The summed E-state index contributed by atoms with van der Waals surface area (Å²) in [6, 6.07) is 0. The summed E-state index contributed by atoms with van der Waals surface area (Å²) in [5.74, 6) is 2.62. The van der Waals surface area contributed by atoms with E-state index in [4.69, 9.17) is 4.74 Å². The van der Waals surface area contributed by atoms with Gasteiger partial charge >= 0.3 is 0 Å². The van der Waals surface area contributed by atoms with Crippen LogP contribution in [-0.2, 0) is 13.6 Å². The number of nitrogens with zero attached hydrogens (tertiary/aromatic N) is 2. The third-order valence-electron chi connectivity index (χ3n) is 3.68. The minimum absolute atomic E-state index is 0.790. The maximum atomic E-state index is 5.37. The van der Waals surface area contributed by atoms with Crippen LogP contribution in [0, 0.1) is 18.8 Å². The molecule has 0 aliphatic heterocycles. The second-order valence-corrected chi connectivity index (χ2v) is 5.14. The molecule has 1 atom stereocenters. The molecule has 0 radical (unpaired) electrons. The number of aromatic nitrogens is 2. The highest BCUT2D eigenvalue weighted by atomic mass is 16.5. The minimum Gasteiger partial charge on any atom is -0.481 e. The monoisotopic (exact) mass is 237 g/mol. The summed E-state index contributed by atoms with van der Waals surface area (Å²) in [6.45, 7) is 6.30. The third-order valence-corrected chi connectivity index (χ3v) is 3.68. The highest BCUT2D eigenvalue weighted by Crippen LogP contribution is 2.36. The number of aryl methyl sites for hydroxylation is 2. The molecule has 0 saturated heterocycles. The Morgan fingerprint density at radius 2 is 2.24 bits per heavy atom. The average molecular weight is 237 g/mol. The molecule has 17 heavy (non-hydrogen) atoms. The smallest absolute Gasteiger partial charge is 0.216 e. The maximum Gasteiger partial charge on any atom is 0.216 e. The van der Waals surface area contributed by atoms with Crippen LogP contribution in [0.5, 0.6) is 5.88 Å². The largest absolute Gasteiger partial charge is 0.481 e. The molecule has 0 amide bonds. The van der Waals surface area contributed by atoms with Crippen LogP contribution in [0.15, 0.2) is 0 Å². The molecule has 1 heterocycles. The quantitative estimate of drug-likeness (QED) is 0.821. The van der Waals surface area contributed by atoms with Gasteiger partial charge in [-0.25, -0.2) is 4.68 Å². The predicted molar refractivity (Wildman–Crippen MR) is 68.1 cm³/mol. The lowest BCUT2D eigenvalue weighted by atomic mass is 10.1. The summed E-state index contributed by atoms with van der Waals surface area (Å²) in [5, 5.41) is 7.90. The van der Waals surface area contributed by atoms with Crippen LogP contribution in [0.25, 0.3) is 0 Å². The maximum absolute atomic E-state index is 5.37. The summed E-state index contributed by atoms with van der Waals surface area (Å²) in [7, 11) is 3.62. The molecule has 1 aliphatic carbocycles. The molecule has 1 saturated carbocycles. The van der Waals surface area contributed by atoms with E-state index in [9.17, 15) is 0 Å². The topological polar surface area (TPSA) is 39.1 Å². The number of hydrogen-bond acceptors (Lipinski definition) is 3. The fourth-order valence-electron chi connectivity index (χ4n) is 2.40. The van der Waals surface area contributed by atoms with Gasteiger partial charge in [0.25, 0.3) is 0 Å². The fourth-order valence-corrected chi connectivity index (χ4v) is 2.40. The zero-order chi connectivity index (χ0) is 12.4. The van der Waals surface area contributed by atoms with Crippen LogP contribution < -0.4 is 10.1 Å². The zero-order valence-corrected chi connectivity index (χ0v) is 11.3. The van der Waals surface area contributed by atoms with Crippen molar-refractivity contribution < 1.29 is 4.74 Å². The van der Waals surface area contributed by atoms with Crippen molar-refractivity contribution in [3.8, 4) is 5.88 Å². The van der Waals surface area contributed by atoms with Gasteiger partial charge in [-0.15, -0.1) is 0 Å². The molecular formula is C13H23N3O. The van der Waals surface area contributed by atoms with Crippen molar-refractivity contribution in [2.24, 2.45) is 18.9 Å². The van der Waals surface area contributed by atoms with Crippen molar-refractivity contribution in [3.05, 3.63) is 11.3 Å². The van der Waals surface area contributed by atoms with Gasteiger partial charge in [-0.1, -0.05) is 6.92 Å². The van der Waals surface area contributed by atoms with Gasteiger partial charge in [-0.2, -0.15) is 5.10 Å².